The normalized spacial score (nSPS) is 17.6. The molecule has 0 bridgehead atoms. The molecule has 0 saturated heterocycles. The molecule has 2 aliphatic heterocycles. The van der Waals surface area contributed by atoms with E-state index in [2.05, 4.69) is 5.32 Å². The third-order valence-corrected chi connectivity index (χ3v) is 5.58. The smallest absolute Gasteiger partial charge is 0.338 e. The fourth-order valence-electron chi connectivity index (χ4n) is 3.94. The molecule has 32 heavy (non-hydrogen) atoms. The second-order valence-electron chi connectivity index (χ2n) is 7.67. The molecule has 8 heteroatoms. The average Bonchev–Trinajstić information content (AvgIpc) is 3.17. The number of amides is 3. The Morgan fingerprint density at radius 3 is 2.75 bits per heavy atom. The molecule has 2 heterocycles. The number of carbonyl (C=O) groups excluding carboxylic acids is 3. The van der Waals surface area contributed by atoms with Gasteiger partial charge in [-0.2, -0.15) is 0 Å². The van der Waals surface area contributed by atoms with E-state index in [4.69, 9.17) is 9.47 Å². The summed E-state index contributed by atoms with van der Waals surface area (Å²) in [4.78, 5) is 41.4. The van der Waals surface area contributed by atoms with Crippen LogP contribution in [-0.4, -0.2) is 49.6 Å². The summed E-state index contributed by atoms with van der Waals surface area (Å²) in [5.74, 6) is -0.221. The maximum Gasteiger partial charge on any atom is 0.338 e. The molecule has 3 amide bonds. The molecule has 1 unspecified atom stereocenters. The number of anilines is 1. The minimum atomic E-state index is -0.712. The number of aryl methyl sites for hydroxylation is 1. The number of rotatable bonds is 6. The number of cyclic esters (lactones) is 1. The van der Waals surface area contributed by atoms with E-state index in [1.165, 1.54) is 9.80 Å². The van der Waals surface area contributed by atoms with Crippen LogP contribution < -0.4 is 15.0 Å². The van der Waals surface area contributed by atoms with Crippen LogP contribution in [-0.2, 0) is 14.3 Å². The Hall–Kier alpha value is -3.81. The summed E-state index contributed by atoms with van der Waals surface area (Å²) in [6.45, 7) is 3.98. The Bertz CT molecular complexity index is 1110. The molecule has 2 aromatic carbocycles. The van der Waals surface area contributed by atoms with Crippen molar-refractivity contribution in [1.82, 2.24) is 10.2 Å². The van der Waals surface area contributed by atoms with Gasteiger partial charge in [-0.15, -0.1) is 0 Å². The molecule has 1 N–H and O–H groups in total. The molecule has 1 atom stereocenters. The lowest BCUT2D eigenvalue weighted by Crippen LogP contribution is -2.50. The van der Waals surface area contributed by atoms with Gasteiger partial charge in [-0.05, 0) is 37.6 Å². The van der Waals surface area contributed by atoms with Gasteiger partial charge in [-0.25, -0.2) is 9.59 Å². The van der Waals surface area contributed by atoms with Crippen molar-refractivity contribution >= 4 is 23.6 Å². The summed E-state index contributed by atoms with van der Waals surface area (Å²) in [7, 11) is 1.66. The zero-order chi connectivity index (χ0) is 22.8. The lowest BCUT2D eigenvalue weighted by Gasteiger charge is -2.33. The van der Waals surface area contributed by atoms with Crippen LogP contribution in [0.2, 0.25) is 0 Å². The number of benzene rings is 2. The fraction of sp³-hybridized carbons (Fsp3) is 0.292. The zero-order valence-corrected chi connectivity index (χ0v) is 18.3. The number of hydrogen-bond donors (Lipinski definition) is 1. The topological polar surface area (TPSA) is 88.2 Å². The van der Waals surface area contributed by atoms with Crippen molar-refractivity contribution in [2.45, 2.75) is 19.9 Å². The third-order valence-electron chi connectivity index (χ3n) is 5.58. The molecule has 2 aliphatic rings. The average molecular weight is 435 g/mol. The summed E-state index contributed by atoms with van der Waals surface area (Å²) < 4.78 is 11.0. The lowest BCUT2D eigenvalue weighted by atomic mass is 9.95. The van der Waals surface area contributed by atoms with Gasteiger partial charge in [0.2, 0.25) is 5.91 Å². The van der Waals surface area contributed by atoms with Crippen molar-refractivity contribution in [3.8, 4) is 5.75 Å². The van der Waals surface area contributed by atoms with Gasteiger partial charge in [0.05, 0.1) is 23.9 Å². The Morgan fingerprint density at radius 1 is 1.22 bits per heavy atom. The number of carbonyl (C=O) groups is 3. The quantitative estimate of drug-likeness (QED) is 0.705. The fourth-order valence-corrected chi connectivity index (χ4v) is 3.94. The molecular formula is C24H25N3O5. The van der Waals surface area contributed by atoms with Gasteiger partial charge >= 0.3 is 12.0 Å². The first-order valence-corrected chi connectivity index (χ1v) is 10.4. The van der Waals surface area contributed by atoms with Crippen LogP contribution in [0.1, 0.15) is 24.1 Å². The number of nitrogens with one attached hydrogen (secondary N) is 1. The van der Waals surface area contributed by atoms with Crippen molar-refractivity contribution in [1.29, 1.82) is 0 Å². The maximum absolute atomic E-state index is 13.0. The Labute approximate surface area is 186 Å². The summed E-state index contributed by atoms with van der Waals surface area (Å²) in [5, 5.41) is 2.85. The molecule has 2 aromatic rings. The molecule has 0 fully saturated rings. The largest absolute Gasteiger partial charge is 0.494 e. The second kappa shape index (κ2) is 8.74. The minimum absolute atomic E-state index is 0.0592. The summed E-state index contributed by atoms with van der Waals surface area (Å²) in [6.07, 6.45) is 0. The van der Waals surface area contributed by atoms with Gasteiger partial charge < -0.3 is 19.7 Å². The summed E-state index contributed by atoms with van der Waals surface area (Å²) in [6, 6.07) is 13.6. The van der Waals surface area contributed by atoms with Crippen molar-refractivity contribution < 1.29 is 23.9 Å². The van der Waals surface area contributed by atoms with E-state index < -0.39 is 18.0 Å². The van der Waals surface area contributed by atoms with Crippen LogP contribution in [0.5, 0.6) is 5.75 Å². The monoisotopic (exact) mass is 435 g/mol. The Morgan fingerprint density at radius 2 is 2.00 bits per heavy atom. The van der Waals surface area contributed by atoms with E-state index in [0.717, 1.165) is 11.3 Å². The first-order chi connectivity index (χ1) is 15.4. The van der Waals surface area contributed by atoms with Crippen molar-refractivity contribution in [2.24, 2.45) is 0 Å². The number of para-hydroxylation sites is 1. The van der Waals surface area contributed by atoms with Crippen LogP contribution in [0.25, 0.3) is 0 Å². The van der Waals surface area contributed by atoms with Crippen LogP contribution >= 0.6 is 0 Å². The molecule has 0 spiro atoms. The number of esters is 1. The van der Waals surface area contributed by atoms with E-state index in [9.17, 15) is 14.4 Å². The zero-order valence-electron chi connectivity index (χ0n) is 18.3. The minimum Gasteiger partial charge on any atom is -0.494 e. The predicted octanol–water partition coefficient (Wildman–Crippen LogP) is 2.93. The molecule has 0 aliphatic carbocycles. The number of nitrogens with zero attached hydrogens (tertiary/aromatic N) is 2. The number of hydrogen-bond acceptors (Lipinski definition) is 5. The Balaban J connectivity index is 1.64. The van der Waals surface area contributed by atoms with Crippen molar-refractivity contribution in [3.05, 3.63) is 70.9 Å². The summed E-state index contributed by atoms with van der Waals surface area (Å²) >= 11 is 0. The second-order valence-corrected chi connectivity index (χ2v) is 7.67. The van der Waals surface area contributed by atoms with E-state index in [1.54, 1.807) is 19.2 Å². The van der Waals surface area contributed by atoms with Crippen molar-refractivity contribution in [2.75, 3.05) is 31.7 Å². The molecule has 4 rings (SSSR count). The SMILES string of the molecule is CCOc1ccccc1C1NC(=O)N(CC(=O)N(C)c2cccc(C)c2)C2=C1C(=O)OC2. The van der Waals surface area contributed by atoms with E-state index in [0.29, 0.717) is 29.2 Å². The van der Waals surface area contributed by atoms with Gasteiger partial charge in [0.15, 0.2) is 0 Å². The highest BCUT2D eigenvalue weighted by molar-refractivity contribution is 6.00. The molecule has 166 valence electrons. The van der Waals surface area contributed by atoms with Gasteiger partial charge in [-0.3, -0.25) is 9.69 Å². The highest BCUT2D eigenvalue weighted by Gasteiger charge is 2.43. The molecule has 0 saturated carbocycles. The van der Waals surface area contributed by atoms with Crippen LogP contribution in [0, 0.1) is 6.92 Å². The first-order valence-electron chi connectivity index (χ1n) is 10.4. The van der Waals surface area contributed by atoms with Crippen LogP contribution in [0.4, 0.5) is 10.5 Å². The predicted molar refractivity (Wildman–Crippen MR) is 118 cm³/mol. The molecule has 8 nitrogen and oxygen atoms in total. The first kappa shape index (κ1) is 21.4. The highest BCUT2D eigenvalue weighted by atomic mass is 16.5. The van der Waals surface area contributed by atoms with Gasteiger partial charge in [0, 0.05) is 18.3 Å². The molecule has 0 radical (unpaired) electrons. The standard InChI is InChI=1S/C24H25N3O5/c1-4-31-19-11-6-5-10-17(19)22-21-18(14-32-23(21)29)27(24(30)25-22)13-20(28)26(3)16-9-7-8-15(2)12-16/h5-12,22H,4,13-14H2,1-3H3,(H,25,30). The maximum atomic E-state index is 13.0. The lowest BCUT2D eigenvalue weighted by molar-refractivity contribution is -0.136. The highest BCUT2D eigenvalue weighted by Crippen LogP contribution is 2.38. The number of ether oxygens (including phenoxy) is 2. The van der Waals surface area contributed by atoms with Crippen LogP contribution in [0.3, 0.4) is 0 Å². The number of urea groups is 1. The summed E-state index contributed by atoms with van der Waals surface area (Å²) in [5.41, 5.74) is 3.14. The number of likely N-dealkylation sites (N-methyl/N-ethyl adjacent to an activating group) is 1. The van der Waals surface area contributed by atoms with Crippen molar-refractivity contribution in [3.63, 3.8) is 0 Å². The van der Waals surface area contributed by atoms with Gasteiger partial charge in [-0.1, -0.05) is 30.3 Å². The van der Waals surface area contributed by atoms with E-state index in [-0.39, 0.29) is 19.1 Å². The molecular weight excluding hydrogens is 410 g/mol. The third kappa shape index (κ3) is 3.91. The van der Waals surface area contributed by atoms with Crippen LogP contribution in [0.15, 0.2) is 59.8 Å². The van der Waals surface area contributed by atoms with E-state index >= 15 is 0 Å². The van der Waals surface area contributed by atoms with Gasteiger partial charge in [0.1, 0.15) is 18.9 Å². The van der Waals surface area contributed by atoms with E-state index in [1.807, 2.05) is 50.2 Å². The van der Waals surface area contributed by atoms with Gasteiger partial charge in [0.25, 0.3) is 0 Å². The molecule has 0 aromatic heterocycles. The Kier molecular flexibility index (Phi) is 5.85.